The number of rotatable bonds is 3. The van der Waals surface area contributed by atoms with Crippen molar-refractivity contribution in [3.05, 3.63) is 24.0 Å². The predicted molar refractivity (Wildman–Crippen MR) is 67.9 cm³/mol. The molecular formula is C13H16N2O4. The number of hydrogen-bond donors (Lipinski definition) is 2. The van der Waals surface area contributed by atoms with E-state index in [-0.39, 0.29) is 17.7 Å². The summed E-state index contributed by atoms with van der Waals surface area (Å²) in [7, 11) is 0. The van der Waals surface area contributed by atoms with Gasteiger partial charge in [-0.1, -0.05) is 6.92 Å². The fraction of sp³-hybridized carbons (Fsp3) is 0.462. The van der Waals surface area contributed by atoms with Crippen molar-refractivity contribution in [2.75, 3.05) is 5.32 Å². The first-order valence-corrected chi connectivity index (χ1v) is 6.13. The molecule has 6 nitrogen and oxygen atoms in total. The van der Waals surface area contributed by atoms with Gasteiger partial charge in [0, 0.05) is 11.9 Å². The molecule has 1 aliphatic rings. The molecule has 1 aliphatic heterocycles. The van der Waals surface area contributed by atoms with E-state index in [9.17, 15) is 9.59 Å². The SMILES string of the molecule is CC1CC(C(=O)Nc2ccnc(C(=O)O)c2)OC1C. The standard InChI is InChI=1S/C13H16N2O4/c1-7-5-11(19-8(7)2)12(16)15-9-3-4-14-10(6-9)13(17)18/h3-4,6-8,11H,5H2,1-2H3,(H,17,18)(H,14,15,16). The molecule has 19 heavy (non-hydrogen) atoms. The van der Waals surface area contributed by atoms with Crippen LogP contribution >= 0.6 is 0 Å². The first-order chi connectivity index (χ1) is 8.97. The van der Waals surface area contributed by atoms with Crippen molar-refractivity contribution >= 4 is 17.6 Å². The predicted octanol–water partition coefficient (Wildman–Crippen LogP) is 1.53. The first kappa shape index (κ1) is 13.5. The van der Waals surface area contributed by atoms with E-state index in [4.69, 9.17) is 9.84 Å². The minimum Gasteiger partial charge on any atom is -0.477 e. The number of carbonyl (C=O) groups is 2. The molecule has 0 spiro atoms. The highest BCUT2D eigenvalue weighted by Crippen LogP contribution is 2.26. The number of pyridine rings is 1. The van der Waals surface area contributed by atoms with Crippen molar-refractivity contribution in [2.24, 2.45) is 5.92 Å². The third-order valence-corrected chi connectivity index (χ3v) is 3.31. The number of aromatic carboxylic acids is 1. The number of carboxylic acid groups (broad SMARTS) is 1. The van der Waals surface area contributed by atoms with Gasteiger partial charge < -0.3 is 15.2 Å². The third kappa shape index (κ3) is 3.08. The molecule has 1 fully saturated rings. The summed E-state index contributed by atoms with van der Waals surface area (Å²) in [4.78, 5) is 26.5. The summed E-state index contributed by atoms with van der Waals surface area (Å²) in [6.07, 6.45) is 1.60. The summed E-state index contributed by atoms with van der Waals surface area (Å²) < 4.78 is 5.54. The molecule has 0 saturated carbocycles. The molecule has 1 amide bonds. The topological polar surface area (TPSA) is 88.5 Å². The average molecular weight is 264 g/mol. The molecule has 0 aliphatic carbocycles. The van der Waals surface area contributed by atoms with Crippen LogP contribution in [0.3, 0.4) is 0 Å². The number of anilines is 1. The molecule has 1 aromatic rings. The minimum absolute atomic E-state index is 0.0581. The normalized spacial score (nSPS) is 26.1. The Kier molecular flexibility index (Phi) is 3.80. The van der Waals surface area contributed by atoms with E-state index in [0.29, 0.717) is 18.0 Å². The Morgan fingerprint density at radius 3 is 2.79 bits per heavy atom. The lowest BCUT2D eigenvalue weighted by Gasteiger charge is -2.11. The molecule has 0 radical (unpaired) electrons. The summed E-state index contributed by atoms with van der Waals surface area (Å²) in [6.45, 7) is 3.97. The number of ether oxygens (including phenoxy) is 1. The second-order valence-corrected chi connectivity index (χ2v) is 4.77. The van der Waals surface area contributed by atoms with Gasteiger partial charge in [0.2, 0.25) is 0 Å². The molecule has 1 aromatic heterocycles. The van der Waals surface area contributed by atoms with Crippen LogP contribution in [0.2, 0.25) is 0 Å². The molecule has 2 N–H and O–H groups in total. The Bertz CT molecular complexity index is 493. The Morgan fingerprint density at radius 1 is 1.47 bits per heavy atom. The zero-order valence-corrected chi connectivity index (χ0v) is 10.8. The van der Waals surface area contributed by atoms with E-state index in [0.717, 1.165) is 0 Å². The van der Waals surface area contributed by atoms with Crippen molar-refractivity contribution in [3.63, 3.8) is 0 Å². The maximum absolute atomic E-state index is 12.0. The Morgan fingerprint density at radius 2 is 2.21 bits per heavy atom. The molecule has 2 rings (SSSR count). The second-order valence-electron chi connectivity index (χ2n) is 4.77. The molecular weight excluding hydrogens is 248 g/mol. The number of nitrogens with zero attached hydrogens (tertiary/aromatic N) is 1. The summed E-state index contributed by atoms with van der Waals surface area (Å²) >= 11 is 0. The molecule has 0 bridgehead atoms. The largest absolute Gasteiger partial charge is 0.477 e. The van der Waals surface area contributed by atoms with Gasteiger partial charge in [-0.3, -0.25) is 4.79 Å². The van der Waals surface area contributed by atoms with Gasteiger partial charge in [0.05, 0.1) is 6.10 Å². The van der Waals surface area contributed by atoms with E-state index >= 15 is 0 Å². The lowest BCUT2D eigenvalue weighted by atomic mass is 10.0. The van der Waals surface area contributed by atoms with Crippen LogP contribution in [0.15, 0.2) is 18.3 Å². The van der Waals surface area contributed by atoms with Gasteiger partial charge in [-0.15, -0.1) is 0 Å². The summed E-state index contributed by atoms with van der Waals surface area (Å²) in [5, 5.41) is 11.5. The van der Waals surface area contributed by atoms with Crippen LogP contribution < -0.4 is 5.32 Å². The highest BCUT2D eigenvalue weighted by Gasteiger charge is 2.33. The third-order valence-electron chi connectivity index (χ3n) is 3.31. The number of nitrogens with one attached hydrogen (secondary N) is 1. The fourth-order valence-electron chi connectivity index (χ4n) is 1.99. The van der Waals surface area contributed by atoms with Gasteiger partial charge in [0.15, 0.2) is 0 Å². The molecule has 3 atom stereocenters. The van der Waals surface area contributed by atoms with Crippen LogP contribution in [0.1, 0.15) is 30.8 Å². The summed E-state index contributed by atoms with van der Waals surface area (Å²) in [5.74, 6) is -1.04. The maximum atomic E-state index is 12.0. The Labute approximate surface area is 110 Å². The number of aromatic nitrogens is 1. The fourth-order valence-corrected chi connectivity index (χ4v) is 1.99. The lowest BCUT2D eigenvalue weighted by molar-refractivity contribution is -0.126. The number of carbonyl (C=O) groups excluding carboxylic acids is 1. The van der Waals surface area contributed by atoms with Crippen molar-refractivity contribution in [1.29, 1.82) is 0 Å². The van der Waals surface area contributed by atoms with Crippen molar-refractivity contribution < 1.29 is 19.4 Å². The van der Waals surface area contributed by atoms with Gasteiger partial charge in [0.25, 0.3) is 5.91 Å². The smallest absolute Gasteiger partial charge is 0.354 e. The zero-order valence-electron chi connectivity index (χ0n) is 10.8. The summed E-state index contributed by atoms with van der Waals surface area (Å²) in [6, 6.07) is 2.87. The maximum Gasteiger partial charge on any atom is 0.354 e. The van der Waals surface area contributed by atoms with E-state index < -0.39 is 12.1 Å². The van der Waals surface area contributed by atoms with Crippen LogP contribution in [0, 0.1) is 5.92 Å². The molecule has 102 valence electrons. The van der Waals surface area contributed by atoms with Crippen molar-refractivity contribution in [3.8, 4) is 0 Å². The van der Waals surface area contributed by atoms with Crippen molar-refractivity contribution in [1.82, 2.24) is 4.98 Å². The van der Waals surface area contributed by atoms with Gasteiger partial charge >= 0.3 is 5.97 Å². The van der Waals surface area contributed by atoms with Gasteiger partial charge in [0.1, 0.15) is 11.8 Å². The number of carboxylic acids is 1. The van der Waals surface area contributed by atoms with E-state index in [1.807, 2.05) is 13.8 Å². The lowest BCUT2D eigenvalue weighted by Crippen LogP contribution is -2.27. The Hall–Kier alpha value is -1.95. The molecule has 2 heterocycles. The molecule has 1 saturated heterocycles. The minimum atomic E-state index is -1.13. The molecule has 3 unspecified atom stereocenters. The summed E-state index contributed by atoms with van der Waals surface area (Å²) in [5.41, 5.74) is 0.306. The van der Waals surface area contributed by atoms with Crippen LogP contribution in [0.25, 0.3) is 0 Å². The first-order valence-electron chi connectivity index (χ1n) is 6.13. The number of hydrogen-bond acceptors (Lipinski definition) is 4. The monoisotopic (exact) mass is 264 g/mol. The quantitative estimate of drug-likeness (QED) is 0.864. The van der Waals surface area contributed by atoms with E-state index in [1.54, 1.807) is 6.07 Å². The Balaban J connectivity index is 2.03. The zero-order chi connectivity index (χ0) is 14.0. The van der Waals surface area contributed by atoms with Crippen LogP contribution in [0.5, 0.6) is 0 Å². The molecule has 0 aromatic carbocycles. The highest BCUT2D eigenvalue weighted by atomic mass is 16.5. The highest BCUT2D eigenvalue weighted by molar-refractivity contribution is 5.95. The molecule has 6 heteroatoms. The average Bonchev–Trinajstić information content (AvgIpc) is 2.70. The van der Waals surface area contributed by atoms with Crippen LogP contribution in [0.4, 0.5) is 5.69 Å². The van der Waals surface area contributed by atoms with Gasteiger partial charge in [-0.05, 0) is 31.4 Å². The van der Waals surface area contributed by atoms with Crippen molar-refractivity contribution in [2.45, 2.75) is 32.5 Å². The van der Waals surface area contributed by atoms with Crippen LogP contribution in [-0.2, 0) is 9.53 Å². The van der Waals surface area contributed by atoms with E-state index in [2.05, 4.69) is 10.3 Å². The van der Waals surface area contributed by atoms with Gasteiger partial charge in [-0.25, -0.2) is 9.78 Å². The van der Waals surface area contributed by atoms with Crippen LogP contribution in [-0.4, -0.2) is 34.2 Å². The van der Waals surface area contributed by atoms with E-state index in [1.165, 1.54) is 12.3 Å². The second kappa shape index (κ2) is 5.36. The number of amides is 1. The van der Waals surface area contributed by atoms with Gasteiger partial charge in [-0.2, -0.15) is 0 Å².